The van der Waals surface area contributed by atoms with Crippen molar-refractivity contribution in [3.63, 3.8) is 0 Å². The topological polar surface area (TPSA) is 86.4 Å². The maximum atomic E-state index is 14.5. The van der Waals surface area contributed by atoms with Crippen LogP contribution in [0.2, 0.25) is 0 Å². The minimum Gasteiger partial charge on any atom is -0.478 e. The van der Waals surface area contributed by atoms with Crippen LogP contribution in [-0.4, -0.2) is 31.0 Å². The number of benzene rings is 2. The van der Waals surface area contributed by atoms with Gasteiger partial charge in [-0.25, -0.2) is 23.2 Å². The third-order valence-corrected chi connectivity index (χ3v) is 6.10. The standard InChI is InChI=1S/C21H21BrFN3O4S/c1-3-10-21(2,19(27)28)30-18-9-8-16(11-17(18)23)31-13-26-20(29)25(12-24-26)15-6-4-14(22)5-7-15/h4-9,11-12H,3,10,13H2,1-2H3,(H,27,28). The van der Waals surface area contributed by atoms with Gasteiger partial charge in [0.1, 0.15) is 6.33 Å². The summed E-state index contributed by atoms with van der Waals surface area (Å²) in [5, 5.41) is 13.5. The smallest absolute Gasteiger partial charge is 0.351 e. The van der Waals surface area contributed by atoms with Crippen LogP contribution < -0.4 is 10.4 Å². The molecule has 10 heteroatoms. The lowest BCUT2D eigenvalue weighted by atomic mass is 10.0. The van der Waals surface area contributed by atoms with Crippen molar-refractivity contribution >= 4 is 33.7 Å². The second-order valence-electron chi connectivity index (χ2n) is 7.01. The van der Waals surface area contributed by atoms with Gasteiger partial charge in [0.2, 0.25) is 5.60 Å². The molecule has 1 aromatic heterocycles. The Bertz CT molecular complexity index is 1130. The molecule has 1 N–H and O–H groups in total. The molecule has 0 spiro atoms. The van der Waals surface area contributed by atoms with Crippen LogP contribution in [0.4, 0.5) is 4.39 Å². The van der Waals surface area contributed by atoms with Gasteiger partial charge >= 0.3 is 11.7 Å². The van der Waals surface area contributed by atoms with Crippen LogP contribution in [-0.2, 0) is 10.7 Å². The van der Waals surface area contributed by atoms with Crippen LogP contribution in [0.3, 0.4) is 0 Å². The molecule has 2 aromatic carbocycles. The van der Waals surface area contributed by atoms with Gasteiger partial charge in [0.05, 0.1) is 11.6 Å². The van der Waals surface area contributed by atoms with Crippen LogP contribution in [0.25, 0.3) is 5.69 Å². The third-order valence-electron chi connectivity index (χ3n) is 4.61. The molecule has 0 aliphatic heterocycles. The Balaban J connectivity index is 1.71. The second-order valence-corrected chi connectivity index (χ2v) is 8.95. The highest BCUT2D eigenvalue weighted by atomic mass is 79.9. The average molecular weight is 510 g/mol. The number of carboxylic acid groups (broad SMARTS) is 1. The van der Waals surface area contributed by atoms with E-state index in [2.05, 4.69) is 21.0 Å². The van der Waals surface area contributed by atoms with E-state index in [-0.39, 0.29) is 23.7 Å². The number of hydrogen-bond acceptors (Lipinski definition) is 5. The molecule has 3 aromatic rings. The number of rotatable bonds is 9. The first kappa shape index (κ1) is 23.1. The minimum absolute atomic E-state index is 0.126. The van der Waals surface area contributed by atoms with Crippen molar-refractivity contribution in [3.8, 4) is 11.4 Å². The Labute approximate surface area is 191 Å². The van der Waals surface area contributed by atoms with Crippen molar-refractivity contribution in [3.05, 3.63) is 69.6 Å². The largest absolute Gasteiger partial charge is 0.478 e. The van der Waals surface area contributed by atoms with E-state index < -0.39 is 17.4 Å². The Kier molecular flexibility index (Phi) is 7.22. The van der Waals surface area contributed by atoms with Gasteiger partial charge in [0.25, 0.3) is 0 Å². The number of hydrogen-bond donors (Lipinski definition) is 1. The van der Waals surface area contributed by atoms with Gasteiger partial charge in [-0.1, -0.05) is 29.3 Å². The van der Waals surface area contributed by atoms with Crippen molar-refractivity contribution in [2.24, 2.45) is 0 Å². The number of halogens is 2. The van der Waals surface area contributed by atoms with E-state index in [1.807, 2.05) is 19.1 Å². The predicted octanol–water partition coefficient (Wildman–Crippen LogP) is 4.71. The van der Waals surface area contributed by atoms with Crippen molar-refractivity contribution in [1.29, 1.82) is 0 Å². The quantitative estimate of drug-likeness (QED) is 0.420. The number of ether oxygens (including phenoxy) is 1. The molecule has 164 valence electrons. The monoisotopic (exact) mass is 509 g/mol. The number of aromatic nitrogens is 3. The highest BCUT2D eigenvalue weighted by Crippen LogP contribution is 2.29. The Hall–Kier alpha value is -2.59. The molecule has 1 heterocycles. The lowest BCUT2D eigenvalue weighted by Crippen LogP contribution is -2.41. The van der Waals surface area contributed by atoms with Crippen LogP contribution in [0, 0.1) is 5.82 Å². The van der Waals surface area contributed by atoms with E-state index in [4.69, 9.17) is 4.74 Å². The van der Waals surface area contributed by atoms with E-state index in [9.17, 15) is 19.1 Å². The fourth-order valence-corrected chi connectivity index (χ4v) is 3.98. The van der Waals surface area contributed by atoms with Crippen molar-refractivity contribution in [2.45, 2.75) is 43.1 Å². The normalized spacial score (nSPS) is 13.0. The zero-order valence-electron chi connectivity index (χ0n) is 16.9. The Morgan fingerprint density at radius 2 is 2.00 bits per heavy atom. The second kappa shape index (κ2) is 9.69. The fourth-order valence-electron chi connectivity index (χ4n) is 2.92. The summed E-state index contributed by atoms with van der Waals surface area (Å²) < 4.78 is 23.6. The van der Waals surface area contributed by atoms with Gasteiger partial charge in [-0.15, -0.1) is 11.8 Å². The summed E-state index contributed by atoms with van der Waals surface area (Å²) >= 11 is 4.58. The van der Waals surface area contributed by atoms with Gasteiger partial charge < -0.3 is 9.84 Å². The molecular weight excluding hydrogens is 489 g/mol. The van der Waals surface area contributed by atoms with Gasteiger partial charge in [-0.2, -0.15) is 5.10 Å². The average Bonchev–Trinajstić information content (AvgIpc) is 3.09. The van der Waals surface area contributed by atoms with Gasteiger partial charge in [0, 0.05) is 9.37 Å². The maximum absolute atomic E-state index is 14.5. The number of nitrogens with zero attached hydrogens (tertiary/aromatic N) is 3. The minimum atomic E-state index is -1.50. The zero-order chi connectivity index (χ0) is 22.6. The number of carboxylic acids is 1. The Morgan fingerprint density at radius 1 is 1.29 bits per heavy atom. The first-order chi connectivity index (χ1) is 14.7. The Morgan fingerprint density at radius 3 is 2.61 bits per heavy atom. The summed E-state index contributed by atoms with van der Waals surface area (Å²) in [6, 6.07) is 11.5. The third kappa shape index (κ3) is 5.37. The highest BCUT2D eigenvalue weighted by Gasteiger charge is 2.35. The van der Waals surface area contributed by atoms with E-state index in [0.717, 1.165) is 4.47 Å². The molecule has 31 heavy (non-hydrogen) atoms. The summed E-state index contributed by atoms with van der Waals surface area (Å²) in [7, 11) is 0. The number of carbonyl (C=O) groups is 1. The van der Waals surface area contributed by atoms with Crippen LogP contribution in [0.5, 0.6) is 5.75 Å². The zero-order valence-corrected chi connectivity index (χ0v) is 19.3. The van der Waals surface area contributed by atoms with Crippen LogP contribution in [0.1, 0.15) is 26.7 Å². The van der Waals surface area contributed by atoms with Gasteiger partial charge in [0.15, 0.2) is 11.6 Å². The molecular formula is C21H21BrFN3O4S. The van der Waals surface area contributed by atoms with E-state index >= 15 is 0 Å². The molecule has 0 fully saturated rings. The van der Waals surface area contributed by atoms with E-state index in [0.29, 0.717) is 17.0 Å². The molecule has 0 amide bonds. The van der Waals surface area contributed by atoms with Gasteiger partial charge in [-0.3, -0.25) is 0 Å². The summed E-state index contributed by atoms with van der Waals surface area (Å²) in [5.41, 5.74) is -1.13. The van der Waals surface area contributed by atoms with Crippen molar-refractivity contribution in [1.82, 2.24) is 14.3 Å². The molecule has 0 radical (unpaired) electrons. The van der Waals surface area contributed by atoms with Gasteiger partial charge in [-0.05, 0) is 55.8 Å². The molecule has 0 bridgehead atoms. The molecule has 3 rings (SSSR count). The van der Waals surface area contributed by atoms with Crippen LogP contribution >= 0.6 is 27.7 Å². The highest BCUT2D eigenvalue weighted by molar-refractivity contribution is 9.10. The summed E-state index contributed by atoms with van der Waals surface area (Å²) in [4.78, 5) is 24.6. The maximum Gasteiger partial charge on any atom is 0.351 e. The van der Waals surface area contributed by atoms with E-state index in [1.54, 1.807) is 18.2 Å². The number of aliphatic carboxylic acids is 1. The molecule has 0 aliphatic carbocycles. The molecule has 1 unspecified atom stereocenters. The summed E-state index contributed by atoms with van der Waals surface area (Å²) in [5.74, 6) is -1.75. The molecule has 7 nitrogen and oxygen atoms in total. The van der Waals surface area contributed by atoms with Crippen molar-refractivity contribution < 1.29 is 19.0 Å². The molecule has 0 saturated heterocycles. The SMILES string of the molecule is CCCC(C)(Oc1ccc(SCn2ncn(-c3ccc(Br)cc3)c2=O)cc1F)C(=O)O. The lowest BCUT2D eigenvalue weighted by molar-refractivity contribution is -0.154. The fraction of sp³-hybridized carbons (Fsp3) is 0.286. The van der Waals surface area contributed by atoms with Crippen molar-refractivity contribution in [2.75, 3.05) is 0 Å². The van der Waals surface area contributed by atoms with E-state index in [1.165, 1.54) is 46.4 Å². The predicted molar refractivity (Wildman–Crippen MR) is 119 cm³/mol. The molecule has 1 atom stereocenters. The lowest BCUT2D eigenvalue weighted by Gasteiger charge is -2.26. The molecule has 0 aliphatic rings. The summed E-state index contributed by atoms with van der Waals surface area (Å²) in [6.45, 7) is 3.26. The molecule has 0 saturated carbocycles. The first-order valence-corrected chi connectivity index (χ1v) is 11.3. The number of thioether (sulfide) groups is 1. The van der Waals surface area contributed by atoms with Crippen LogP contribution in [0.15, 0.2) is 63.0 Å². The first-order valence-electron chi connectivity index (χ1n) is 9.48. The summed E-state index contributed by atoms with van der Waals surface area (Å²) in [6.07, 6.45) is 2.27.